The number of benzene rings is 1. The van der Waals surface area contributed by atoms with Gasteiger partial charge in [-0.15, -0.1) is 0 Å². The molecule has 0 spiro atoms. The number of anilines is 1. The molecule has 4 rings (SSSR count). The van der Waals surface area contributed by atoms with Gasteiger partial charge in [0, 0.05) is 24.5 Å². The number of rotatable bonds is 5. The summed E-state index contributed by atoms with van der Waals surface area (Å²) in [6.07, 6.45) is 3.79. The lowest BCUT2D eigenvalue weighted by atomic mass is 10.1. The molecule has 0 aliphatic carbocycles. The minimum Gasteiger partial charge on any atom is -0.306 e. The van der Waals surface area contributed by atoms with Crippen molar-refractivity contribution in [2.45, 2.75) is 32.2 Å². The number of fused-ring (bicyclic) bond motifs is 1. The van der Waals surface area contributed by atoms with Gasteiger partial charge in [0.1, 0.15) is 10.5 Å². The first kappa shape index (κ1) is 18.2. The lowest BCUT2D eigenvalue weighted by molar-refractivity contribution is 0.598. The zero-order valence-electron chi connectivity index (χ0n) is 15.9. The van der Waals surface area contributed by atoms with Crippen LogP contribution in [0.25, 0.3) is 16.9 Å². The summed E-state index contributed by atoms with van der Waals surface area (Å²) in [5.74, 6) is 0. The Morgan fingerprint density at radius 2 is 1.82 bits per heavy atom. The second-order valence-corrected chi connectivity index (χ2v) is 8.18. The number of nitrogens with one attached hydrogen (secondary N) is 1. The molecule has 0 aliphatic heterocycles. The summed E-state index contributed by atoms with van der Waals surface area (Å²) in [6.45, 7) is 6.02. The Morgan fingerprint density at radius 1 is 1.07 bits per heavy atom. The molecule has 0 aliphatic rings. The van der Waals surface area contributed by atoms with E-state index in [4.69, 9.17) is 0 Å². The third kappa shape index (κ3) is 3.05. The maximum Gasteiger partial charge on any atom is 0.265 e. The maximum atomic E-state index is 13.1. The quantitative estimate of drug-likeness (QED) is 0.559. The fourth-order valence-electron chi connectivity index (χ4n) is 3.43. The number of para-hydroxylation sites is 1. The van der Waals surface area contributed by atoms with Gasteiger partial charge in [0.25, 0.3) is 10.0 Å². The maximum absolute atomic E-state index is 13.1. The molecule has 0 fully saturated rings. The second-order valence-electron chi connectivity index (χ2n) is 6.56. The number of aromatic nitrogens is 4. The first-order chi connectivity index (χ1) is 13.4. The molecule has 3 aromatic heterocycles. The monoisotopic (exact) mass is 395 g/mol. The number of aryl methyl sites for hydroxylation is 2. The van der Waals surface area contributed by atoms with Gasteiger partial charge >= 0.3 is 0 Å². The van der Waals surface area contributed by atoms with Crippen LogP contribution in [0.15, 0.2) is 59.8 Å². The Balaban J connectivity index is 1.78. The van der Waals surface area contributed by atoms with Crippen molar-refractivity contribution in [1.82, 2.24) is 19.2 Å². The molecular formula is C20H21N5O2S. The van der Waals surface area contributed by atoms with Gasteiger partial charge in [-0.25, -0.2) is 13.4 Å². The van der Waals surface area contributed by atoms with Crippen LogP contribution in [-0.2, 0) is 16.6 Å². The van der Waals surface area contributed by atoms with E-state index in [2.05, 4.69) is 14.8 Å². The highest BCUT2D eigenvalue weighted by Crippen LogP contribution is 2.30. The normalized spacial score (nSPS) is 11.8. The Morgan fingerprint density at radius 3 is 2.54 bits per heavy atom. The van der Waals surface area contributed by atoms with Gasteiger partial charge < -0.3 is 4.40 Å². The Labute approximate surface area is 163 Å². The molecule has 0 atom stereocenters. The average Bonchev–Trinajstić information content (AvgIpc) is 3.22. The lowest BCUT2D eigenvalue weighted by Gasteiger charge is -2.12. The molecule has 0 bridgehead atoms. The molecule has 1 N–H and O–H groups in total. The highest BCUT2D eigenvalue weighted by atomic mass is 32.2. The van der Waals surface area contributed by atoms with E-state index in [1.54, 1.807) is 30.7 Å². The van der Waals surface area contributed by atoms with Crippen LogP contribution in [0, 0.1) is 13.8 Å². The molecule has 1 aromatic carbocycles. The first-order valence-corrected chi connectivity index (χ1v) is 10.5. The fourth-order valence-corrected chi connectivity index (χ4v) is 4.93. The van der Waals surface area contributed by atoms with E-state index in [1.165, 1.54) is 0 Å². The molecule has 0 amide bonds. The van der Waals surface area contributed by atoms with Crippen molar-refractivity contribution in [3.63, 3.8) is 0 Å². The molecule has 0 saturated carbocycles. The van der Waals surface area contributed by atoms with E-state index >= 15 is 0 Å². The summed E-state index contributed by atoms with van der Waals surface area (Å²) in [6, 6.07) is 13.0. The summed E-state index contributed by atoms with van der Waals surface area (Å²) in [5.41, 5.74) is 3.80. The molecule has 0 unspecified atom stereocenters. The molecule has 7 nitrogen and oxygen atoms in total. The zero-order valence-corrected chi connectivity index (χ0v) is 16.7. The van der Waals surface area contributed by atoms with Gasteiger partial charge in [0.15, 0.2) is 0 Å². The molecule has 4 aromatic rings. The third-order valence-corrected chi connectivity index (χ3v) is 6.31. The topological polar surface area (TPSA) is 81.3 Å². The van der Waals surface area contributed by atoms with Gasteiger partial charge in [-0.1, -0.05) is 24.3 Å². The summed E-state index contributed by atoms with van der Waals surface area (Å²) in [5, 5.41) is 4.33. The summed E-state index contributed by atoms with van der Waals surface area (Å²) in [4.78, 5) is 4.83. The number of hydrogen-bond acceptors (Lipinski definition) is 4. The zero-order chi connectivity index (χ0) is 19.9. The Bertz CT molecular complexity index is 1240. The van der Waals surface area contributed by atoms with Gasteiger partial charge in [-0.3, -0.25) is 9.40 Å². The first-order valence-electron chi connectivity index (χ1n) is 9.00. The standard InChI is InChI=1S/C20H21N5O2S/c1-4-25-15(3)20(14(2)22-25)28(26,27)23-17-10-6-5-9-16(17)18-13-24-12-8-7-11-19(24)21-18/h5-13,23H,4H2,1-3H3. The fraction of sp³-hybridized carbons (Fsp3) is 0.200. The Kier molecular flexibility index (Phi) is 4.43. The van der Waals surface area contributed by atoms with Crippen molar-refractivity contribution in [2.75, 3.05) is 4.72 Å². The van der Waals surface area contributed by atoms with Crippen LogP contribution in [-0.4, -0.2) is 27.6 Å². The minimum absolute atomic E-state index is 0.221. The van der Waals surface area contributed by atoms with Gasteiger partial charge in [-0.05, 0) is 39.0 Å². The largest absolute Gasteiger partial charge is 0.306 e. The molecule has 28 heavy (non-hydrogen) atoms. The van der Waals surface area contributed by atoms with E-state index in [0.717, 1.165) is 5.65 Å². The SMILES string of the molecule is CCn1nc(C)c(S(=O)(=O)Nc2ccccc2-c2cn3ccccc3n2)c1C. The van der Waals surface area contributed by atoms with Crippen molar-refractivity contribution >= 4 is 21.4 Å². The lowest BCUT2D eigenvalue weighted by Crippen LogP contribution is -2.15. The van der Waals surface area contributed by atoms with Gasteiger partial charge in [0.2, 0.25) is 0 Å². The van der Waals surface area contributed by atoms with Gasteiger partial charge in [-0.2, -0.15) is 5.10 Å². The van der Waals surface area contributed by atoms with Crippen LogP contribution in [0.3, 0.4) is 0 Å². The van der Waals surface area contributed by atoms with Crippen molar-refractivity contribution in [3.05, 3.63) is 66.2 Å². The summed E-state index contributed by atoms with van der Waals surface area (Å²) >= 11 is 0. The van der Waals surface area contributed by atoms with Crippen molar-refractivity contribution in [2.24, 2.45) is 0 Å². The molecule has 8 heteroatoms. The Hall–Kier alpha value is -3.13. The van der Waals surface area contributed by atoms with Crippen LogP contribution in [0.4, 0.5) is 5.69 Å². The minimum atomic E-state index is -3.79. The predicted octanol–water partition coefficient (Wildman–Crippen LogP) is 3.64. The second kappa shape index (κ2) is 6.79. The van der Waals surface area contributed by atoms with E-state index < -0.39 is 10.0 Å². The number of imidazole rings is 1. The van der Waals surface area contributed by atoms with Crippen molar-refractivity contribution in [3.8, 4) is 11.3 Å². The highest BCUT2D eigenvalue weighted by molar-refractivity contribution is 7.92. The van der Waals surface area contributed by atoms with E-state index in [-0.39, 0.29) is 4.90 Å². The van der Waals surface area contributed by atoms with Crippen LogP contribution in [0.5, 0.6) is 0 Å². The van der Waals surface area contributed by atoms with Crippen LogP contribution >= 0.6 is 0 Å². The number of hydrogen-bond donors (Lipinski definition) is 1. The van der Waals surface area contributed by atoms with Crippen LogP contribution in [0.2, 0.25) is 0 Å². The molecule has 144 valence electrons. The van der Waals surface area contributed by atoms with Crippen LogP contribution in [0.1, 0.15) is 18.3 Å². The number of pyridine rings is 1. The number of sulfonamides is 1. The van der Waals surface area contributed by atoms with E-state index in [1.807, 2.05) is 54.0 Å². The van der Waals surface area contributed by atoms with Crippen LogP contribution < -0.4 is 4.72 Å². The average molecular weight is 395 g/mol. The van der Waals surface area contributed by atoms with Crippen molar-refractivity contribution in [1.29, 1.82) is 0 Å². The molecule has 0 radical (unpaired) electrons. The molecule has 0 saturated heterocycles. The van der Waals surface area contributed by atoms with E-state index in [9.17, 15) is 8.42 Å². The van der Waals surface area contributed by atoms with Gasteiger partial charge in [0.05, 0.1) is 22.8 Å². The molecule has 3 heterocycles. The summed E-state index contributed by atoms with van der Waals surface area (Å²) in [7, 11) is -3.79. The number of nitrogens with zero attached hydrogens (tertiary/aromatic N) is 4. The van der Waals surface area contributed by atoms with E-state index in [0.29, 0.717) is 34.9 Å². The predicted molar refractivity (Wildman–Crippen MR) is 109 cm³/mol. The summed E-state index contributed by atoms with van der Waals surface area (Å²) < 4.78 is 32.6. The van der Waals surface area contributed by atoms with Crippen molar-refractivity contribution < 1.29 is 8.42 Å². The highest BCUT2D eigenvalue weighted by Gasteiger charge is 2.25. The smallest absolute Gasteiger partial charge is 0.265 e. The molecular weight excluding hydrogens is 374 g/mol. The third-order valence-electron chi connectivity index (χ3n) is 4.69.